The second-order valence-corrected chi connectivity index (χ2v) is 12.5. The van der Waals surface area contributed by atoms with Crippen LogP contribution < -0.4 is 0 Å². The molecule has 1 atom stereocenters. The van der Waals surface area contributed by atoms with Gasteiger partial charge in [0.25, 0.3) is 0 Å². The topological polar surface area (TPSA) is 9.23 Å². The summed E-state index contributed by atoms with van der Waals surface area (Å²) in [6, 6.07) is 10.3. The van der Waals surface area contributed by atoms with E-state index < -0.39 is 13.9 Å². The molecule has 0 aliphatic carbocycles. The molecule has 0 saturated heterocycles. The zero-order chi connectivity index (χ0) is 17.0. The largest absolute Gasteiger partial charge is 0.396 e. The summed E-state index contributed by atoms with van der Waals surface area (Å²) in [5.41, 5.74) is 2.08. The van der Waals surface area contributed by atoms with Gasteiger partial charge in [0.1, 0.15) is 5.60 Å². The van der Waals surface area contributed by atoms with Gasteiger partial charge in [-0.3, -0.25) is 0 Å². The Morgan fingerprint density at radius 2 is 1.45 bits per heavy atom. The predicted molar refractivity (Wildman–Crippen MR) is 99.4 cm³/mol. The van der Waals surface area contributed by atoms with Gasteiger partial charge in [-0.15, -0.1) is 6.42 Å². The summed E-state index contributed by atoms with van der Waals surface area (Å²) in [5.74, 6) is 3.01. The Bertz CT molecular complexity index is 476. The van der Waals surface area contributed by atoms with Crippen molar-refractivity contribution in [1.82, 2.24) is 0 Å². The minimum Gasteiger partial charge on any atom is -0.396 e. The van der Waals surface area contributed by atoms with Gasteiger partial charge in [0.05, 0.1) is 0 Å². The first-order valence-corrected chi connectivity index (χ1v) is 10.6. The molecule has 0 N–H and O–H groups in total. The molecule has 0 unspecified atom stereocenters. The van der Waals surface area contributed by atoms with Crippen LogP contribution in [0.2, 0.25) is 16.6 Å². The Labute approximate surface area is 138 Å². The third kappa shape index (κ3) is 3.31. The molecule has 0 fully saturated rings. The van der Waals surface area contributed by atoms with Crippen molar-refractivity contribution in [3.8, 4) is 12.3 Å². The molecule has 0 radical (unpaired) electrons. The Hall–Kier alpha value is -1.04. The molecule has 0 spiro atoms. The highest BCUT2D eigenvalue weighted by atomic mass is 28.4. The highest BCUT2D eigenvalue weighted by Gasteiger charge is 2.50. The van der Waals surface area contributed by atoms with E-state index >= 15 is 0 Å². The Morgan fingerprint density at radius 3 is 1.77 bits per heavy atom. The molecule has 0 aliphatic heterocycles. The summed E-state index contributed by atoms with van der Waals surface area (Å²) < 4.78 is 7.00. The number of rotatable bonds is 7. The molecule has 22 heavy (non-hydrogen) atoms. The van der Waals surface area contributed by atoms with E-state index in [-0.39, 0.29) is 0 Å². The molecule has 0 amide bonds. The van der Waals surface area contributed by atoms with Crippen LogP contribution in [0, 0.1) is 12.3 Å². The quantitative estimate of drug-likeness (QED) is 0.435. The highest BCUT2D eigenvalue weighted by Crippen LogP contribution is 2.47. The van der Waals surface area contributed by atoms with E-state index in [4.69, 9.17) is 10.8 Å². The van der Waals surface area contributed by atoms with Crippen molar-refractivity contribution in [3.63, 3.8) is 0 Å². The molecule has 1 rings (SSSR count). The van der Waals surface area contributed by atoms with E-state index in [2.05, 4.69) is 66.5 Å². The molecule has 0 aliphatic rings. The minimum absolute atomic E-state index is 0.524. The van der Waals surface area contributed by atoms with Crippen molar-refractivity contribution in [2.24, 2.45) is 0 Å². The average Bonchev–Trinajstić information content (AvgIpc) is 2.49. The van der Waals surface area contributed by atoms with Gasteiger partial charge in [-0.1, -0.05) is 84.7 Å². The van der Waals surface area contributed by atoms with E-state index in [1.807, 2.05) is 18.2 Å². The third-order valence-electron chi connectivity index (χ3n) is 5.03. The first-order chi connectivity index (χ1) is 10.3. The van der Waals surface area contributed by atoms with Gasteiger partial charge in [0.15, 0.2) is 0 Å². The van der Waals surface area contributed by atoms with Crippen LogP contribution in [0.5, 0.6) is 0 Å². The van der Waals surface area contributed by atoms with Crippen LogP contribution in [0.15, 0.2) is 30.3 Å². The molecule has 0 saturated carbocycles. The molecule has 2 heteroatoms. The number of hydrogen-bond acceptors (Lipinski definition) is 1. The lowest BCUT2D eigenvalue weighted by Gasteiger charge is -2.48. The van der Waals surface area contributed by atoms with Crippen LogP contribution in [0.3, 0.4) is 0 Å². The van der Waals surface area contributed by atoms with Crippen LogP contribution in [-0.4, -0.2) is 8.32 Å². The normalized spacial score (nSPS) is 15.1. The summed E-state index contributed by atoms with van der Waals surface area (Å²) in [4.78, 5) is 0. The molecule has 0 heterocycles. The Morgan fingerprint density at radius 1 is 1.00 bits per heavy atom. The Balaban J connectivity index is 3.43. The minimum atomic E-state index is -2.03. The lowest BCUT2D eigenvalue weighted by atomic mass is 9.92. The molecule has 1 aromatic rings. The maximum atomic E-state index is 7.00. The second kappa shape index (κ2) is 7.48. The van der Waals surface area contributed by atoms with Gasteiger partial charge in [-0.25, -0.2) is 0 Å². The fourth-order valence-electron chi connectivity index (χ4n) is 3.91. The van der Waals surface area contributed by atoms with E-state index in [9.17, 15) is 0 Å². The standard InChI is InChI=1S/C20H32OSi/c1-9-20(10-2,19-14-12-11-13-15-19)21-22(16(3)4,17(5)6)18(7)8/h1,11-18H,10H2,2-8H3/t20-/m0/s1. The summed E-state index contributed by atoms with van der Waals surface area (Å²) >= 11 is 0. The molecule has 1 aromatic carbocycles. The molecule has 1 nitrogen and oxygen atoms in total. The zero-order valence-electron chi connectivity index (χ0n) is 15.3. The van der Waals surface area contributed by atoms with Crippen molar-refractivity contribution >= 4 is 8.32 Å². The zero-order valence-corrected chi connectivity index (χ0v) is 16.3. The number of hydrogen-bond donors (Lipinski definition) is 0. The first-order valence-electron chi connectivity index (χ1n) is 8.50. The second-order valence-electron chi connectivity index (χ2n) is 7.11. The maximum Gasteiger partial charge on any atom is 0.202 e. The Kier molecular flexibility index (Phi) is 6.46. The van der Waals surface area contributed by atoms with Crippen LogP contribution in [0.1, 0.15) is 60.5 Å². The van der Waals surface area contributed by atoms with Crippen LogP contribution in [0.4, 0.5) is 0 Å². The van der Waals surface area contributed by atoms with E-state index in [1.54, 1.807) is 0 Å². The van der Waals surface area contributed by atoms with E-state index in [0.717, 1.165) is 12.0 Å². The maximum absolute atomic E-state index is 7.00. The van der Waals surface area contributed by atoms with Crippen molar-refractivity contribution in [1.29, 1.82) is 0 Å². The van der Waals surface area contributed by atoms with Gasteiger partial charge in [0.2, 0.25) is 8.32 Å². The lowest BCUT2D eigenvalue weighted by molar-refractivity contribution is 0.101. The number of terminal acetylenes is 1. The van der Waals surface area contributed by atoms with Crippen molar-refractivity contribution < 1.29 is 4.43 Å². The number of benzene rings is 1. The highest BCUT2D eigenvalue weighted by molar-refractivity contribution is 6.77. The van der Waals surface area contributed by atoms with Gasteiger partial charge >= 0.3 is 0 Å². The van der Waals surface area contributed by atoms with Gasteiger partial charge in [-0.05, 0) is 28.6 Å². The SMILES string of the molecule is C#C[C@@](CC)(O[Si](C(C)C)(C(C)C)C(C)C)c1ccccc1. The van der Waals surface area contributed by atoms with Gasteiger partial charge < -0.3 is 4.43 Å². The average molecular weight is 317 g/mol. The van der Waals surface area contributed by atoms with Crippen LogP contribution in [0.25, 0.3) is 0 Å². The fourth-order valence-corrected chi connectivity index (χ4v) is 9.54. The third-order valence-corrected chi connectivity index (χ3v) is 11.1. The molecule has 0 bridgehead atoms. The summed E-state index contributed by atoms with van der Waals surface area (Å²) in [6.45, 7) is 15.9. The van der Waals surface area contributed by atoms with Gasteiger partial charge in [0, 0.05) is 0 Å². The van der Waals surface area contributed by atoms with Crippen LogP contribution in [-0.2, 0) is 10.0 Å². The van der Waals surface area contributed by atoms with Crippen molar-refractivity contribution in [2.45, 2.75) is 77.1 Å². The lowest BCUT2D eigenvalue weighted by Crippen LogP contribution is -2.53. The van der Waals surface area contributed by atoms with E-state index in [0.29, 0.717) is 16.6 Å². The molecular weight excluding hydrogens is 284 g/mol. The summed E-state index contributed by atoms with van der Waals surface area (Å²) in [7, 11) is -2.03. The molecular formula is C20H32OSi. The molecule has 122 valence electrons. The summed E-state index contributed by atoms with van der Waals surface area (Å²) in [5, 5.41) is 0. The van der Waals surface area contributed by atoms with Gasteiger partial charge in [-0.2, -0.15) is 0 Å². The molecule has 0 aromatic heterocycles. The van der Waals surface area contributed by atoms with Crippen molar-refractivity contribution in [2.75, 3.05) is 0 Å². The van der Waals surface area contributed by atoms with Crippen molar-refractivity contribution in [3.05, 3.63) is 35.9 Å². The predicted octanol–water partition coefficient (Wildman–Crippen LogP) is 6.12. The fraction of sp³-hybridized carbons (Fsp3) is 0.600. The summed E-state index contributed by atoms with van der Waals surface area (Å²) in [6.07, 6.45) is 6.81. The smallest absolute Gasteiger partial charge is 0.202 e. The van der Waals surface area contributed by atoms with Crippen LogP contribution >= 0.6 is 0 Å². The monoisotopic (exact) mass is 316 g/mol. The first kappa shape index (κ1) is 19.0. The van der Waals surface area contributed by atoms with E-state index in [1.165, 1.54) is 0 Å².